The van der Waals surface area contributed by atoms with Crippen molar-refractivity contribution in [2.75, 3.05) is 25.9 Å². The lowest BCUT2D eigenvalue weighted by Crippen LogP contribution is -2.32. The number of methoxy groups -OCH3 is 1. The summed E-state index contributed by atoms with van der Waals surface area (Å²) in [6.45, 7) is 3.52. The Morgan fingerprint density at radius 2 is 2.07 bits per heavy atom. The molecule has 27 heavy (non-hydrogen) atoms. The van der Waals surface area contributed by atoms with E-state index in [1.54, 1.807) is 41.7 Å². The summed E-state index contributed by atoms with van der Waals surface area (Å²) in [7, 11) is 1.57. The standard InChI is InChI=1S/C19H20N4O3S/c1-11-7-8-22(9-11)19(25)16-14-10-27-17(20)15(14)18(24)23(21-16)12-3-5-13(26-2)6-4-12/h3-6,10-11H,7-9,20H2,1-2H3/t11-/m1/s1. The highest BCUT2D eigenvalue weighted by Crippen LogP contribution is 2.29. The average Bonchev–Trinajstić information content (AvgIpc) is 3.28. The molecule has 8 heteroatoms. The van der Waals surface area contributed by atoms with E-state index >= 15 is 0 Å². The normalized spacial score (nSPS) is 16.8. The summed E-state index contributed by atoms with van der Waals surface area (Å²) in [6.07, 6.45) is 0.971. The number of ether oxygens (including phenoxy) is 1. The summed E-state index contributed by atoms with van der Waals surface area (Å²) >= 11 is 1.25. The van der Waals surface area contributed by atoms with Crippen molar-refractivity contribution in [2.24, 2.45) is 5.92 Å². The first-order valence-corrected chi connectivity index (χ1v) is 9.61. The third-order valence-corrected chi connectivity index (χ3v) is 5.72. The molecular formula is C19H20N4O3S. The molecule has 0 saturated carbocycles. The lowest BCUT2D eigenvalue weighted by atomic mass is 10.2. The summed E-state index contributed by atoms with van der Waals surface area (Å²) in [5.74, 6) is 0.971. The Morgan fingerprint density at radius 3 is 2.70 bits per heavy atom. The van der Waals surface area contributed by atoms with Crippen LogP contribution in [-0.4, -0.2) is 40.8 Å². The number of hydrogen-bond donors (Lipinski definition) is 1. The van der Waals surface area contributed by atoms with Crippen LogP contribution in [0, 0.1) is 5.92 Å². The van der Waals surface area contributed by atoms with Crippen molar-refractivity contribution >= 4 is 33.0 Å². The number of nitrogens with two attached hydrogens (primary N) is 1. The number of carbonyl (C=O) groups excluding carboxylic acids is 1. The fraction of sp³-hybridized carbons (Fsp3) is 0.316. The third-order valence-electron chi connectivity index (χ3n) is 4.91. The van der Waals surface area contributed by atoms with Crippen LogP contribution in [-0.2, 0) is 0 Å². The molecule has 1 aliphatic rings. The van der Waals surface area contributed by atoms with E-state index in [0.717, 1.165) is 6.42 Å². The van der Waals surface area contributed by atoms with E-state index < -0.39 is 0 Å². The Balaban J connectivity index is 1.89. The second-order valence-corrected chi connectivity index (χ2v) is 7.71. The van der Waals surface area contributed by atoms with Crippen LogP contribution in [0.2, 0.25) is 0 Å². The zero-order chi connectivity index (χ0) is 19.1. The molecule has 7 nitrogen and oxygen atoms in total. The number of hydrogen-bond acceptors (Lipinski definition) is 6. The smallest absolute Gasteiger partial charge is 0.282 e. The number of rotatable bonds is 3. The topological polar surface area (TPSA) is 90.5 Å². The average molecular weight is 384 g/mol. The largest absolute Gasteiger partial charge is 0.497 e. The lowest BCUT2D eigenvalue weighted by Gasteiger charge is -2.17. The number of nitrogen functional groups attached to an aromatic ring is 1. The predicted molar refractivity (Wildman–Crippen MR) is 106 cm³/mol. The number of anilines is 1. The van der Waals surface area contributed by atoms with Gasteiger partial charge in [-0.05, 0) is 36.6 Å². The minimum Gasteiger partial charge on any atom is -0.497 e. The molecule has 4 rings (SSSR count). The summed E-state index contributed by atoms with van der Waals surface area (Å²) in [4.78, 5) is 27.9. The Labute approximate surface area is 160 Å². The van der Waals surface area contributed by atoms with Crippen molar-refractivity contribution in [3.05, 3.63) is 45.7 Å². The second kappa shape index (κ2) is 6.70. The van der Waals surface area contributed by atoms with Crippen LogP contribution in [0.3, 0.4) is 0 Å². The van der Waals surface area contributed by atoms with Gasteiger partial charge in [-0.15, -0.1) is 11.3 Å². The van der Waals surface area contributed by atoms with E-state index in [4.69, 9.17) is 10.5 Å². The summed E-state index contributed by atoms with van der Waals surface area (Å²) in [5, 5.41) is 7.44. The van der Waals surface area contributed by atoms with E-state index in [0.29, 0.717) is 46.2 Å². The molecule has 3 aromatic rings. The van der Waals surface area contributed by atoms with Gasteiger partial charge in [0.05, 0.1) is 23.2 Å². The number of aromatic nitrogens is 2. The molecule has 0 unspecified atom stereocenters. The molecule has 3 heterocycles. The van der Waals surface area contributed by atoms with Gasteiger partial charge in [0.15, 0.2) is 5.69 Å². The van der Waals surface area contributed by atoms with Gasteiger partial charge in [0, 0.05) is 23.9 Å². The van der Waals surface area contributed by atoms with Gasteiger partial charge in [-0.1, -0.05) is 6.92 Å². The van der Waals surface area contributed by atoms with Gasteiger partial charge in [-0.2, -0.15) is 9.78 Å². The van der Waals surface area contributed by atoms with Crippen LogP contribution in [0.15, 0.2) is 34.4 Å². The minimum absolute atomic E-state index is 0.163. The first-order valence-electron chi connectivity index (χ1n) is 8.73. The molecule has 1 fully saturated rings. The van der Waals surface area contributed by atoms with E-state index in [-0.39, 0.29) is 17.2 Å². The maximum Gasteiger partial charge on any atom is 0.282 e. The molecule has 1 amide bonds. The number of fused-ring (bicyclic) bond motifs is 1. The first-order chi connectivity index (χ1) is 13.0. The van der Waals surface area contributed by atoms with Crippen molar-refractivity contribution in [2.45, 2.75) is 13.3 Å². The predicted octanol–water partition coefficient (Wildman–Crippen LogP) is 2.52. The molecule has 1 aliphatic heterocycles. The zero-order valence-electron chi connectivity index (χ0n) is 15.1. The van der Waals surface area contributed by atoms with E-state index in [1.165, 1.54) is 16.0 Å². The Morgan fingerprint density at radius 1 is 1.33 bits per heavy atom. The SMILES string of the molecule is COc1ccc(-n2nc(C(=O)N3CC[C@@H](C)C3)c3csc(N)c3c2=O)cc1. The Bertz CT molecular complexity index is 1070. The molecule has 1 aromatic carbocycles. The van der Waals surface area contributed by atoms with Crippen LogP contribution >= 0.6 is 11.3 Å². The van der Waals surface area contributed by atoms with E-state index in [1.807, 2.05) is 0 Å². The molecule has 2 N–H and O–H groups in total. The van der Waals surface area contributed by atoms with Crippen LogP contribution in [0.1, 0.15) is 23.8 Å². The van der Waals surface area contributed by atoms with Crippen molar-refractivity contribution in [1.82, 2.24) is 14.7 Å². The van der Waals surface area contributed by atoms with E-state index in [9.17, 15) is 9.59 Å². The molecule has 0 bridgehead atoms. The van der Waals surface area contributed by atoms with Crippen LogP contribution < -0.4 is 16.0 Å². The van der Waals surface area contributed by atoms with Crippen molar-refractivity contribution in [1.29, 1.82) is 0 Å². The number of likely N-dealkylation sites (tertiary alicyclic amines) is 1. The molecule has 140 valence electrons. The van der Waals surface area contributed by atoms with Gasteiger partial charge in [0.25, 0.3) is 11.5 Å². The molecular weight excluding hydrogens is 364 g/mol. The minimum atomic E-state index is -0.333. The fourth-order valence-electron chi connectivity index (χ4n) is 3.40. The van der Waals surface area contributed by atoms with Gasteiger partial charge >= 0.3 is 0 Å². The number of amides is 1. The van der Waals surface area contributed by atoms with Crippen LogP contribution in [0.5, 0.6) is 5.75 Å². The molecule has 0 spiro atoms. The molecule has 2 aromatic heterocycles. The fourth-order valence-corrected chi connectivity index (χ4v) is 4.19. The summed E-state index contributed by atoms with van der Waals surface area (Å²) in [6, 6.07) is 6.95. The molecule has 1 atom stereocenters. The van der Waals surface area contributed by atoms with Crippen molar-refractivity contribution in [3.8, 4) is 11.4 Å². The molecule has 0 aliphatic carbocycles. The quantitative estimate of drug-likeness (QED) is 0.749. The monoisotopic (exact) mass is 384 g/mol. The highest BCUT2D eigenvalue weighted by Gasteiger charge is 2.28. The maximum atomic E-state index is 13.1. The molecule has 1 saturated heterocycles. The van der Waals surface area contributed by atoms with Gasteiger partial charge < -0.3 is 15.4 Å². The third kappa shape index (κ3) is 2.95. The van der Waals surface area contributed by atoms with Gasteiger partial charge in [-0.25, -0.2) is 0 Å². The first kappa shape index (κ1) is 17.5. The second-order valence-electron chi connectivity index (χ2n) is 6.80. The van der Waals surface area contributed by atoms with Gasteiger partial charge in [0.2, 0.25) is 0 Å². The lowest BCUT2D eigenvalue weighted by molar-refractivity contribution is 0.0782. The van der Waals surface area contributed by atoms with Crippen LogP contribution in [0.4, 0.5) is 5.00 Å². The van der Waals surface area contributed by atoms with Crippen LogP contribution in [0.25, 0.3) is 16.5 Å². The highest BCUT2D eigenvalue weighted by molar-refractivity contribution is 7.15. The number of carbonyl (C=O) groups is 1. The number of thiophene rings is 1. The summed E-state index contributed by atoms with van der Waals surface area (Å²) in [5.41, 5.74) is 6.53. The zero-order valence-corrected chi connectivity index (χ0v) is 16.0. The number of benzene rings is 1. The Hall–Kier alpha value is -2.87. The van der Waals surface area contributed by atoms with Crippen molar-refractivity contribution < 1.29 is 9.53 Å². The van der Waals surface area contributed by atoms with Gasteiger partial charge in [-0.3, -0.25) is 9.59 Å². The Kier molecular flexibility index (Phi) is 4.35. The number of nitrogens with zero attached hydrogens (tertiary/aromatic N) is 3. The van der Waals surface area contributed by atoms with Crippen molar-refractivity contribution in [3.63, 3.8) is 0 Å². The molecule has 0 radical (unpaired) electrons. The maximum absolute atomic E-state index is 13.1. The summed E-state index contributed by atoms with van der Waals surface area (Å²) < 4.78 is 6.41. The van der Waals surface area contributed by atoms with Gasteiger partial charge in [0.1, 0.15) is 5.75 Å². The van der Waals surface area contributed by atoms with E-state index in [2.05, 4.69) is 12.0 Å². The highest BCUT2D eigenvalue weighted by atomic mass is 32.1.